The zero-order valence-corrected chi connectivity index (χ0v) is 17.7. The molecule has 1 aliphatic rings. The van der Waals surface area contributed by atoms with Crippen LogP contribution in [0.1, 0.15) is 24.0 Å². The fourth-order valence-corrected chi connectivity index (χ4v) is 4.16. The van der Waals surface area contributed by atoms with Gasteiger partial charge < -0.3 is 9.84 Å². The van der Waals surface area contributed by atoms with Crippen LogP contribution in [0.25, 0.3) is 0 Å². The molecule has 0 aromatic heterocycles. The van der Waals surface area contributed by atoms with Gasteiger partial charge in [-0.25, -0.2) is 4.79 Å². The number of carboxylic acids is 1. The fraction of sp³-hybridized carbons (Fsp3) is 0.231. The number of carboxylic acid groups (broad SMARTS) is 1. The van der Waals surface area contributed by atoms with E-state index in [-0.39, 0.29) is 18.4 Å². The van der Waals surface area contributed by atoms with E-state index in [0.29, 0.717) is 12.2 Å². The van der Waals surface area contributed by atoms with Gasteiger partial charge in [0, 0.05) is 6.42 Å². The summed E-state index contributed by atoms with van der Waals surface area (Å²) in [6.07, 6.45) is 2.80. The van der Waals surface area contributed by atoms with Crippen molar-refractivity contribution in [2.45, 2.75) is 25.7 Å². The average molecular weight is 431 g/mol. The van der Waals surface area contributed by atoms with Gasteiger partial charge in [0.1, 0.15) is 5.75 Å². The number of amides is 1. The number of para-hydroxylation sites is 2. The van der Waals surface area contributed by atoms with Gasteiger partial charge in [0.05, 0.1) is 11.4 Å². The number of nitrogens with zero attached hydrogens (tertiary/aromatic N) is 1. The predicted octanol–water partition coefficient (Wildman–Crippen LogP) is 4.51. The van der Waals surface area contributed by atoms with Crippen LogP contribution >= 0.6 is 0 Å². The molecule has 3 aromatic rings. The summed E-state index contributed by atoms with van der Waals surface area (Å²) in [5.74, 6) is -0.184. The van der Waals surface area contributed by atoms with Crippen LogP contribution in [0.4, 0.5) is 11.4 Å². The average Bonchev–Trinajstić information content (AvgIpc) is 2.82. The van der Waals surface area contributed by atoms with Crippen molar-refractivity contribution in [2.24, 2.45) is 5.92 Å². The molecule has 6 nitrogen and oxygen atoms in total. The number of hydrogen-bond donors (Lipinski definition) is 2. The molecule has 0 aliphatic heterocycles. The monoisotopic (exact) mass is 430 g/mol. The molecule has 0 bridgehead atoms. The first-order valence-corrected chi connectivity index (χ1v) is 10.7. The topological polar surface area (TPSA) is 78.9 Å². The number of benzene rings is 3. The van der Waals surface area contributed by atoms with E-state index in [1.54, 1.807) is 0 Å². The van der Waals surface area contributed by atoms with Crippen molar-refractivity contribution in [3.63, 3.8) is 0 Å². The minimum atomic E-state index is -0.991. The summed E-state index contributed by atoms with van der Waals surface area (Å²) < 4.78 is 5.45. The highest BCUT2D eigenvalue weighted by atomic mass is 16.5. The number of fused-ring (bicyclic) bond motifs is 1. The highest BCUT2D eigenvalue weighted by Crippen LogP contribution is 2.33. The largest absolute Gasteiger partial charge is 0.482 e. The van der Waals surface area contributed by atoms with E-state index in [1.807, 2.05) is 83.9 Å². The molecule has 6 heteroatoms. The fourth-order valence-electron chi connectivity index (χ4n) is 4.16. The normalized spacial score (nSPS) is 14.8. The number of hydrazine groups is 1. The molecule has 1 amide bonds. The summed E-state index contributed by atoms with van der Waals surface area (Å²) in [6, 6.07) is 25.2. The first-order chi connectivity index (χ1) is 15.6. The molecule has 0 saturated carbocycles. The summed E-state index contributed by atoms with van der Waals surface area (Å²) in [5.41, 5.74) is 7.03. The molecule has 164 valence electrons. The quantitative estimate of drug-likeness (QED) is 0.514. The van der Waals surface area contributed by atoms with E-state index in [4.69, 9.17) is 9.84 Å². The Hall–Kier alpha value is -3.80. The molecule has 0 saturated heterocycles. The minimum absolute atomic E-state index is 0.0376. The Morgan fingerprint density at radius 3 is 2.22 bits per heavy atom. The number of ether oxygens (including phenoxy) is 1. The van der Waals surface area contributed by atoms with Gasteiger partial charge in [-0.2, -0.15) is 0 Å². The third-order valence-electron chi connectivity index (χ3n) is 5.63. The van der Waals surface area contributed by atoms with E-state index in [9.17, 15) is 9.59 Å². The van der Waals surface area contributed by atoms with Crippen LogP contribution in [0.15, 0.2) is 78.9 Å². The first-order valence-electron chi connectivity index (χ1n) is 10.7. The minimum Gasteiger partial charge on any atom is -0.482 e. The van der Waals surface area contributed by atoms with Crippen LogP contribution in [-0.4, -0.2) is 23.6 Å². The van der Waals surface area contributed by atoms with Gasteiger partial charge in [0.25, 0.3) is 0 Å². The number of carbonyl (C=O) groups is 2. The maximum Gasteiger partial charge on any atom is 0.341 e. The molecule has 3 aromatic carbocycles. The molecule has 0 spiro atoms. The highest BCUT2D eigenvalue weighted by Gasteiger charge is 2.24. The summed E-state index contributed by atoms with van der Waals surface area (Å²) in [5, 5.41) is 10.7. The maximum absolute atomic E-state index is 13.0. The summed E-state index contributed by atoms with van der Waals surface area (Å²) in [7, 11) is 0. The lowest BCUT2D eigenvalue weighted by Gasteiger charge is -2.28. The molecule has 4 rings (SSSR count). The molecule has 2 N–H and O–H groups in total. The van der Waals surface area contributed by atoms with E-state index < -0.39 is 5.97 Å². The Kier molecular flexibility index (Phi) is 6.70. The molecule has 0 fully saturated rings. The van der Waals surface area contributed by atoms with Gasteiger partial charge in [-0.05, 0) is 66.6 Å². The second kappa shape index (κ2) is 10.0. The van der Waals surface area contributed by atoms with Gasteiger partial charge in [-0.1, -0.05) is 48.5 Å². The molecule has 1 atom stereocenters. The van der Waals surface area contributed by atoms with Crippen LogP contribution in [-0.2, 0) is 22.4 Å². The molecule has 1 aliphatic carbocycles. The zero-order chi connectivity index (χ0) is 22.3. The van der Waals surface area contributed by atoms with Gasteiger partial charge in [-0.15, -0.1) is 0 Å². The van der Waals surface area contributed by atoms with E-state index in [1.165, 1.54) is 0 Å². The van der Waals surface area contributed by atoms with Crippen molar-refractivity contribution in [3.8, 4) is 5.75 Å². The summed E-state index contributed by atoms with van der Waals surface area (Å²) >= 11 is 0. The first kappa shape index (κ1) is 21.4. The van der Waals surface area contributed by atoms with Crippen LogP contribution in [0.2, 0.25) is 0 Å². The zero-order valence-electron chi connectivity index (χ0n) is 17.7. The molecule has 0 heterocycles. The Bertz CT molecular complexity index is 1030. The van der Waals surface area contributed by atoms with Crippen LogP contribution in [0.5, 0.6) is 5.75 Å². The smallest absolute Gasteiger partial charge is 0.341 e. The van der Waals surface area contributed by atoms with Crippen molar-refractivity contribution >= 4 is 23.3 Å². The van der Waals surface area contributed by atoms with Crippen LogP contribution in [0, 0.1) is 5.92 Å². The van der Waals surface area contributed by atoms with Gasteiger partial charge in [0.2, 0.25) is 5.91 Å². The number of rotatable bonds is 8. The molecule has 1 unspecified atom stereocenters. The third-order valence-corrected chi connectivity index (χ3v) is 5.63. The van der Waals surface area contributed by atoms with Crippen molar-refractivity contribution in [2.75, 3.05) is 11.6 Å². The van der Waals surface area contributed by atoms with Crippen molar-refractivity contribution < 1.29 is 19.4 Å². The lowest BCUT2D eigenvalue weighted by atomic mass is 9.82. The van der Waals surface area contributed by atoms with E-state index in [0.717, 1.165) is 41.8 Å². The lowest BCUT2D eigenvalue weighted by Crippen LogP contribution is -2.40. The predicted molar refractivity (Wildman–Crippen MR) is 123 cm³/mol. The summed E-state index contributed by atoms with van der Waals surface area (Å²) in [4.78, 5) is 23.8. The number of hydrogen-bond acceptors (Lipinski definition) is 4. The SMILES string of the molecule is O=C(O)COc1cccc2c1CCC(CC(=O)NN(c1ccccc1)c1ccccc1)C2. The number of anilines is 2. The number of nitrogens with one attached hydrogen (secondary N) is 1. The highest BCUT2D eigenvalue weighted by molar-refractivity contribution is 5.81. The standard InChI is InChI=1S/C26H26N2O4/c29-25(27-28(21-9-3-1-4-10-21)22-11-5-2-6-12-22)17-19-14-15-23-20(16-19)8-7-13-24(23)32-18-26(30)31/h1-13,19H,14-18H2,(H,27,29)(H,30,31). The Labute approximate surface area is 187 Å². The van der Waals surface area contributed by atoms with Crippen molar-refractivity contribution in [1.29, 1.82) is 0 Å². The molecular formula is C26H26N2O4. The summed E-state index contributed by atoms with van der Waals surface area (Å²) in [6.45, 7) is -0.350. The van der Waals surface area contributed by atoms with Crippen LogP contribution in [0.3, 0.4) is 0 Å². The third kappa shape index (κ3) is 5.27. The van der Waals surface area contributed by atoms with E-state index in [2.05, 4.69) is 5.43 Å². The van der Waals surface area contributed by atoms with Gasteiger partial charge in [-0.3, -0.25) is 15.2 Å². The second-order valence-electron chi connectivity index (χ2n) is 7.93. The van der Waals surface area contributed by atoms with Crippen molar-refractivity contribution in [1.82, 2.24) is 5.43 Å². The van der Waals surface area contributed by atoms with Crippen molar-refractivity contribution in [3.05, 3.63) is 90.0 Å². The molecular weight excluding hydrogens is 404 g/mol. The van der Waals surface area contributed by atoms with Gasteiger partial charge >= 0.3 is 5.97 Å². The van der Waals surface area contributed by atoms with Crippen LogP contribution < -0.4 is 15.2 Å². The Morgan fingerprint density at radius 1 is 0.938 bits per heavy atom. The second-order valence-corrected chi connectivity index (χ2v) is 7.93. The molecule has 32 heavy (non-hydrogen) atoms. The van der Waals surface area contributed by atoms with Gasteiger partial charge in [0.15, 0.2) is 6.61 Å². The molecule has 0 radical (unpaired) electrons. The lowest BCUT2D eigenvalue weighted by molar-refractivity contribution is -0.139. The number of carbonyl (C=O) groups excluding carboxylic acids is 1. The number of aliphatic carboxylic acids is 1. The maximum atomic E-state index is 13.0. The Morgan fingerprint density at radius 2 is 1.59 bits per heavy atom. The Balaban J connectivity index is 1.43. The van der Waals surface area contributed by atoms with E-state index >= 15 is 0 Å².